The van der Waals surface area contributed by atoms with Crippen molar-refractivity contribution < 1.29 is 9.53 Å². The second-order valence-corrected chi connectivity index (χ2v) is 4.47. The first-order chi connectivity index (χ1) is 8.76. The van der Waals surface area contributed by atoms with Crippen LogP contribution in [0.25, 0.3) is 0 Å². The van der Waals surface area contributed by atoms with Crippen LogP contribution in [0.1, 0.15) is 25.3 Å². The normalized spacial score (nSPS) is 14.6. The maximum absolute atomic E-state index is 11.9. The molecule has 1 aliphatic rings. The van der Waals surface area contributed by atoms with Gasteiger partial charge in [-0.2, -0.15) is 0 Å². The van der Waals surface area contributed by atoms with E-state index in [1.165, 1.54) is 5.56 Å². The average molecular weight is 248 g/mol. The van der Waals surface area contributed by atoms with E-state index in [4.69, 9.17) is 10.5 Å². The van der Waals surface area contributed by atoms with E-state index in [1.54, 1.807) is 0 Å². The first kappa shape index (κ1) is 12.9. The van der Waals surface area contributed by atoms with Crippen molar-refractivity contribution >= 4 is 11.6 Å². The van der Waals surface area contributed by atoms with Gasteiger partial charge in [-0.15, -0.1) is 0 Å². The Hall–Kier alpha value is -1.55. The number of nitrogens with zero attached hydrogens (tertiary/aromatic N) is 1. The predicted octanol–water partition coefficient (Wildman–Crippen LogP) is 1.71. The summed E-state index contributed by atoms with van der Waals surface area (Å²) in [5, 5.41) is 0. The topological polar surface area (TPSA) is 55.6 Å². The van der Waals surface area contributed by atoms with E-state index in [0.29, 0.717) is 19.6 Å². The van der Waals surface area contributed by atoms with Crippen molar-refractivity contribution in [3.8, 4) is 5.75 Å². The maximum atomic E-state index is 11.9. The fraction of sp³-hybridized carbons (Fsp3) is 0.500. The van der Waals surface area contributed by atoms with E-state index < -0.39 is 0 Å². The number of carbonyl (C=O) groups excluding carboxylic acids is 1. The van der Waals surface area contributed by atoms with E-state index in [2.05, 4.69) is 6.92 Å². The smallest absolute Gasteiger partial charge is 0.227 e. The van der Waals surface area contributed by atoms with Gasteiger partial charge in [-0.25, -0.2) is 0 Å². The van der Waals surface area contributed by atoms with Gasteiger partial charge in [-0.3, -0.25) is 4.79 Å². The fourth-order valence-corrected chi connectivity index (χ4v) is 2.27. The molecule has 0 radical (unpaired) electrons. The first-order valence-electron chi connectivity index (χ1n) is 6.52. The Bertz CT molecular complexity index is 432. The van der Waals surface area contributed by atoms with Crippen molar-refractivity contribution in [1.82, 2.24) is 0 Å². The number of amides is 1. The molecule has 0 unspecified atom stereocenters. The number of hydrogen-bond acceptors (Lipinski definition) is 3. The van der Waals surface area contributed by atoms with Crippen LogP contribution in [0, 0.1) is 0 Å². The van der Waals surface area contributed by atoms with Crippen LogP contribution in [0.15, 0.2) is 18.2 Å². The van der Waals surface area contributed by atoms with E-state index in [0.717, 1.165) is 30.8 Å². The second-order valence-electron chi connectivity index (χ2n) is 4.47. The molecule has 0 fully saturated rings. The van der Waals surface area contributed by atoms with Crippen molar-refractivity contribution in [3.05, 3.63) is 23.8 Å². The quantitative estimate of drug-likeness (QED) is 0.863. The fourth-order valence-electron chi connectivity index (χ4n) is 2.27. The van der Waals surface area contributed by atoms with Crippen LogP contribution in [0.5, 0.6) is 5.75 Å². The van der Waals surface area contributed by atoms with Crippen LogP contribution in [0.3, 0.4) is 0 Å². The SMILES string of the molecule is CCCN1C(=O)CCc2cc(OCCN)ccc21. The molecule has 0 bridgehead atoms. The van der Waals surface area contributed by atoms with E-state index in [9.17, 15) is 4.79 Å². The van der Waals surface area contributed by atoms with E-state index >= 15 is 0 Å². The van der Waals surface area contributed by atoms with Crippen molar-refractivity contribution in [2.75, 3.05) is 24.6 Å². The highest BCUT2D eigenvalue weighted by atomic mass is 16.5. The number of carbonyl (C=O) groups is 1. The third-order valence-electron chi connectivity index (χ3n) is 3.08. The highest BCUT2D eigenvalue weighted by molar-refractivity contribution is 5.96. The summed E-state index contributed by atoms with van der Waals surface area (Å²) in [5.41, 5.74) is 7.64. The number of anilines is 1. The Morgan fingerprint density at radius 1 is 1.39 bits per heavy atom. The van der Waals surface area contributed by atoms with Crippen LogP contribution in [-0.2, 0) is 11.2 Å². The molecule has 0 aliphatic carbocycles. The molecule has 1 aliphatic heterocycles. The Labute approximate surface area is 108 Å². The second kappa shape index (κ2) is 5.87. The summed E-state index contributed by atoms with van der Waals surface area (Å²) in [5.74, 6) is 1.06. The Kier molecular flexibility index (Phi) is 4.20. The van der Waals surface area contributed by atoms with Gasteiger partial charge in [0.2, 0.25) is 5.91 Å². The third kappa shape index (κ3) is 2.64. The largest absolute Gasteiger partial charge is 0.492 e. The van der Waals surface area contributed by atoms with Gasteiger partial charge < -0.3 is 15.4 Å². The lowest BCUT2D eigenvalue weighted by molar-refractivity contribution is -0.118. The molecule has 0 spiro atoms. The zero-order chi connectivity index (χ0) is 13.0. The first-order valence-corrected chi connectivity index (χ1v) is 6.52. The minimum absolute atomic E-state index is 0.222. The number of ether oxygens (including phenoxy) is 1. The molecule has 2 N–H and O–H groups in total. The molecule has 2 rings (SSSR count). The molecular formula is C14H20N2O2. The molecule has 0 saturated heterocycles. The average Bonchev–Trinajstić information content (AvgIpc) is 2.39. The molecule has 18 heavy (non-hydrogen) atoms. The van der Waals surface area contributed by atoms with Crippen molar-refractivity contribution in [3.63, 3.8) is 0 Å². The molecular weight excluding hydrogens is 228 g/mol. The zero-order valence-electron chi connectivity index (χ0n) is 10.8. The summed E-state index contributed by atoms with van der Waals surface area (Å²) in [6.07, 6.45) is 2.36. The van der Waals surface area contributed by atoms with Crippen LogP contribution in [0.4, 0.5) is 5.69 Å². The Morgan fingerprint density at radius 3 is 2.94 bits per heavy atom. The number of fused-ring (bicyclic) bond motifs is 1. The zero-order valence-corrected chi connectivity index (χ0v) is 10.8. The molecule has 0 atom stereocenters. The van der Waals surface area contributed by atoms with Gasteiger partial charge in [0.05, 0.1) is 0 Å². The summed E-state index contributed by atoms with van der Waals surface area (Å²) >= 11 is 0. The van der Waals surface area contributed by atoms with Crippen molar-refractivity contribution in [1.29, 1.82) is 0 Å². The lowest BCUT2D eigenvalue weighted by Gasteiger charge is -2.29. The molecule has 98 valence electrons. The van der Waals surface area contributed by atoms with Gasteiger partial charge in [0.15, 0.2) is 0 Å². The summed E-state index contributed by atoms with van der Waals surface area (Å²) in [7, 11) is 0. The standard InChI is InChI=1S/C14H20N2O2/c1-2-8-16-13-5-4-12(18-9-7-15)10-11(13)3-6-14(16)17/h4-5,10H,2-3,6-9,15H2,1H3. The van der Waals surface area contributed by atoms with Crippen LogP contribution < -0.4 is 15.4 Å². The van der Waals surface area contributed by atoms with Gasteiger partial charge in [-0.1, -0.05) is 6.92 Å². The van der Waals surface area contributed by atoms with Gasteiger partial charge in [0.1, 0.15) is 12.4 Å². The lowest BCUT2D eigenvalue weighted by Crippen LogP contribution is -2.35. The highest BCUT2D eigenvalue weighted by Crippen LogP contribution is 2.31. The Balaban J connectivity index is 2.22. The van der Waals surface area contributed by atoms with Gasteiger partial charge in [0, 0.05) is 25.2 Å². The third-order valence-corrected chi connectivity index (χ3v) is 3.08. The molecule has 4 heteroatoms. The van der Waals surface area contributed by atoms with Crippen molar-refractivity contribution in [2.45, 2.75) is 26.2 Å². The van der Waals surface area contributed by atoms with E-state index in [-0.39, 0.29) is 5.91 Å². The summed E-state index contributed by atoms with van der Waals surface area (Å²) in [6.45, 7) is 3.91. The summed E-state index contributed by atoms with van der Waals surface area (Å²) in [4.78, 5) is 13.8. The molecule has 0 saturated carbocycles. The van der Waals surface area contributed by atoms with Gasteiger partial charge in [0.25, 0.3) is 0 Å². The number of benzene rings is 1. The van der Waals surface area contributed by atoms with Crippen LogP contribution in [-0.4, -0.2) is 25.6 Å². The van der Waals surface area contributed by atoms with E-state index in [1.807, 2.05) is 23.1 Å². The molecule has 1 aromatic carbocycles. The lowest BCUT2D eigenvalue weighted by atomic mass is 10.0. The van der Waals surface area contributed by atoms with Crippen molar-refractivity contribution in [2.24, 2.45) is 5.73 Å². The van der Waals surface area contributed by atoms with Crippen LogP contribution >= 0.6 is 0 Å². The molecule has 0 aromatic heterocycles. The van der Waals surface area contributed by atoms with Gasteiger partial charge >= 0.3 is 0 Å². The minimum atomic E-state index is 0.222. The maximum Gasteiger partial charge on any atom is 0.227 e. The number of aryl methyl sites for hydroxylation is 1. The minimum Gasteiger partial charge on any atom is -0.492 e. The van der Waals surface area contributed by atoms with Gasteiger partial charge in [-0.05, 0) is 36.6 Å². The summed E-state index contributed by atoms with van der Waals surface area (Å²) < 4.78 is 5.51. The number of rotatable bonds is 5. The Morgan fingerprint density at radius 2 is 2.22 bits per heavy atom. The highest BCUT2D eigenvalue weighted by Gasteiger charge is 2.23. The monoisotopic (exact) mass is 248 g/mol. The number of hydrogen-bond donors (Lipinski definition) is 1. The van der Waals surface area contributed by atoms with Crippen LogP contribution in [0.2, 0.25) is 0 Å². The molecule has 4 nitrogen and oxygen atoms in total. The molecule has 1 heterocycles. The number of nitrogens with two attached hydrogens (primary N) is 1. The molecule has 1 amide bonds. The molecule has 1 aromatic rings. The predicted molar refractivity (Wildman–Crippen MR) is 72.0 cm³/mol. The summed E-state index contributed by atoms with van der Waals surface area (Å²) in [6, 6.07) is 5.92.